The minimum absolute atomic E-state index is 0.0600. The van der Waals surface area contributed by atoms with Gasteiger partial charge in [-0.1, -0.05) is 11.2 Å². The van der Waals surface area contributed by atoms with E-state index < -0.39 is 6.61 Å². The van der Waals surface area contributed by atoms with E-state index in [0.29, 0.717) is 30.1 Å². The number of halogens is 2. The number of hydrogen-bond acceptors (Lipinski definition) is 7. The largest absolute Gasteiger partial charge is 0.493 e. The molecule has 0 aliphatic heterocycles. The first-order chi connectivity index (χ1) is 13.9. The number of ether oxygens (including phenoxy) is 2. The van der Waals surface area contributed by atoms with Crippen LogP contribution in [0.25, 0.3) is 0 Å². The van der Waals surface area contributed by atoms with Crippen LogP contribution in [0.2, 0.25) is 0 Å². The number of alkyl halides is 2. The molecule has 0 atom stereocenters. The van der Waals surface area contributed by atoms with E-state index in [2.05, 4.69) is 20.5 Å². The molecular formula is C18H21F2N3O5S. The van der Waals surface area contributed by atoms with Crippen molar-refractivity contribution < 1.29 is 32.4 Å². The normalized spacial score (nSPS) is 10.7. The van der Waals surface area contributed by atoms with Gasteiger partial charge in [-0.3, -0.25) is 9.59 Å². The van der Waals surface area contributed by atoms with Gasteiger partial charge in [0.1, 0.15) is 5.76 Å². The molecule has 0 radical (unpaired) electrons. The van der Waals surface area contributed by atoms with E-state index in [1.165, 1.54) is 19.2 Å². The summed E-state index contributed by atoms with van der Waals surface area (Å²) in [6.45, 7) is -0.939. The standard InChI is InChI=1S/C18H21F2N3O5S/c1-11-7-15(23-28-11)22-17(25)10-29-9-16(24)21-6-5-12-3-4-13(26-2)14(8-12)27-18(19)20/h3-4,7-8,18H,5-6,9-10H2,1-2H3,(H,21,24)(H,22,23,25). The second-order valence-electron chi connectivity index (χ2n) is 5.83. The molecule has 0 saturated carbocycles. The number of rotatable bonds is 11. The van der Waals surface area contributed by atoms with Crippen LogP contribution in [0.15, 0.2) is 28.8 Å². The van der Waals surface area contributed by atoms with E-state index in [1.54, 1.807) is 19.1 Å². The van der Waals surface area contributed by atoms with Crippen LogP contribution in [0.4, 0.5) is 14.6 Å². The summed E-state index contributed by atoms with van der Waals surface area (Å²) in [6, 6.07) is 6.27. The van der Waals surface area contributed by atoms with Crippen molar-refractivity contribution in [1.29, 1.82) is 0 Å². The molecule has 1 aromatic heterocycles. The Morgan fingerprint density at radius 1 is 1.21 bits per heavy atom. The van der Waals surface area contributed by atoms with Crippen LogP contribution in [0.3, 0.4) is 0 Å². The number of aryl methyl sites for hydroxylation is 1. The molecule has 1 heterocycles. The Morgan fingerprint density at radius 2 is 1.97 bits per heavy atom. The lowest BCUT2D eigenvalue weighted by Gasteiger charge is -2.12. The van der Waals surface area contributed by atoms with Gasteiger partial charge in [-0.05, 0) is 31.0 Å². The Balaban J connectivity index is 1.68. The zero-order chi connectivity index (χ0) is 21.2. The molecule has 0 saturated heterocycles. The molecule has 0 spiro atoms. The molecule has 0 aliphatic rings. The minimum atomic E-state index is -2.96. The summed E-state index contributed by atoms with van der Waals surface area (Å²) in [6.07, 6.45) is 0.423. The summed E-state index contributed by atoms with van der Waals surface area (Å²) in [5.41, 5.74) is 0.705. The van der Waals surface area contributed by atoms with Gasteiger partial charge >= 0.3 is 6.61 Å². The predicted molar refractivity (Wildman–Crippen MR) is 104 cm³/mol. The van der Waals surface area contributed by atoms with E-state index in [-0.39, 0.29) is 34.8 Å². The molecule has 0 bridgehead atoms. The highest BCUT2D eigenvalue weighted by Crippen LogP contribution is 2.29. The fraction of sp³-hybridized carbons (Fsp3) is 0.389. The van der Waals surface area contributed by atoms with Gasteiger partial charge in [-0.15, -0.1) is 11.8 Å². The van der Waals surface area contributed by atoms with Gasteiger partial charge in [-0.2, -0.15) is 8.78 Å². The Hall–Kier alpha value is -2.82. The fourth-order valence-electron chi connectivity index (χ4n) is 2.30. The van der Waals surface area contributed by atoms with Crippen LogP contribution < -0.4 is 20.1 Å². The summed E-state index contributed by atoms with van der Waals surface area (Å²) in [4.78, 5) is 23.6. The van der Waals surface area contributed by atoms with E-state index in [9.17, 15) is 18.4 Å². The Morgan fingerprint density at radius 3 is 2.62 bits per heavy atom. The van der Waals surface area contributed by atoms with Crippen molar-refractivity contribution in [2.45, 2.75) is 20.0 Å². The van der Waals surface area contributed by atoms with Gasteiger partial charge in [0.25, 0.3) is 0 Å². The van der Waals surface area contributed by atoms with Crippen LogP contribution >= 0.6 is 11.8 Å². The van der Waals surface area contributed by atoms with Crippen molar-refractivity contribution in [3.05, 3.63) is 35.6 Å². The monoisotopic (exact) mass is 429 g/mol. The van der Waals surface area contributed by atoms with Crippen LogP contribution in [-0.4, -0.2) is 48.7 Å². The SMILES string of the molecule is COc1ccc(CCNC(=O)CSCC(=O)Nc2cc(C)on2)cc1OC(F)F. The van der Waals surface area contributed by atoms with E-state index in [4.69, 9.17) is 9.26 Å². The third-order valence-corrected chi connectivity index (χ3v) is 4.47. The number of nitrogens with one attached hydrogen (secondary N) is 2. The van der Waals surface area contributed by atoms with Crippen molar-refractivity contribution in [2.75, 3.05) is 30.5 Å². The second-order valence-corrected chi connectivity index (χ2v) is 6.81. The molecule has 2 N–H and O–H groups in total. The molecule has 2 amide bonds. The van der Waals surface area contributed by atoms with Gasteiger partial charge in [0, 0.05) is 12.6 Å². The van der Waals surface area contributed by atoms with Gasteiger partial charge in [0.15, 0.2) is 17.3 Å². The number of aromatic nitrogens is 1. The van der Waals surface area contributed by atoms with Crippen molar-refractivity contribution in [2.24, 2.45) is 0 Å². The molecule has 29 heavy (non-hydrogen) atoms. The number of carbonyl (C=O) groups is 2. The maximum atomic E-state index is 12.5. The first-order valence-corrected chi connectivity index (χ1v) is 9.72. The molecule has 0 aliphatic carbocycles. The average molecular weight is 429 g/mol. The minimum Gasteiger partial charge on any atom is -0.493 e. The van der Waals surface area contributed by atoms with Crippen molar-refractivity contribution in [3.8, 4) is 11.5 Å². The maximum Gasteiger partial charge on any atom is 0.387 e. The number of benzene rings is 1. The smallest absolute Gasteiger partial charge is 0.387 e. The Kier molecular flexibility index (Phi) is 8.71. The van der Waals surface area contributed by atoms with Crippen LogP contribution in [0.1, 0.15) is 11.3 Å². The van der Waals surface area contributed by atoms with Gasteiger partial charge in [-0.25, -0.2) is 0 Å². The molecule has 0 unspecified atom stereocenters. The molecule has 1 aromatic carbocycles. The number of anilines is 1. The van der Waals surface area contributed by atoms with Crippen molar-refractivity contribution in [1.82, 2.24) is 10.5 Å². The summed E-state index contributed by atoms with van der Waals surface area (Å²) in [5, 5.41) is 8.91. The van der Waals surface area contributed by atoms with E-state index >= 15 is 0 Å². The molecule has 0 fully saturated rings. The van der Waals surface area contributed by atoms with E-state index in [0.717, 1.165) is 11.8 Å². The topological polar surface area (TPSA) is 103 Å². The lowest BCUT2D eigenvalue weighted by molar-refractivity contribution is -0.118. The number of amides is 2. The fourth-order valence-corrected chi connectivity index (χ4v) is 2.95. The van der Waals surface area contributed by atoms with Crippen molar-refractivity contribution in [3.63, 3.8) is 0 Å². The highest BCUT2D eigenvalue weighted by Gasteiger charge is 2.12. The zero-order valence-corrected chi connectivity index (χ0v) is 16.7. The Labute approximate surface area is 170 Å². The predicted octanol–water partition coefficient (Wildman–Crippen LogP) is 2.62. The lowest BCUT2D eigenvalue weighted by Crippen LogP contribution is -2.28. The van der Waals surface area contributed by atoms with Crippen LogP contribution in [-0.2, 0) is 16.0 Å². The van der Waals surface area contributed by atoms with Crippen molar-refractivity contribution >= 4 is 29.4 Å². The average Bonchev–Trinajstić information content (AvgIpc) is 3.06. The van der Waals surface area contributed by atoms with Gasteiger partial charge in [0.2, 0.25) is 11.8 Å². The number of nitrogens with zero attached hydrogens (tertiary/aromatic N) is 1. The third-order valence-electron chi connectivity index (χ3n) is 3.54. The molecule has 2 aromatic rings. The number of thioether (sulfide) groups is 1. The quantitative estimate of drug-likeness (QED) is 0.566. The van der Waals surface area contributed by atoms with Crippen LogP contribution in [0.5, 0.6) is 11.5 Å². The number of hydrogen-bond donors (Lipinski definition) is 2. The number of methoxy groups -OCH3 is 1. The van der Waals surface area contributed by atoms with Gasteiger partial charge < -0.3 is 24.6 Å². The second kappa shape index (κ2) is 11.2. The summed E-state index contributed by atoms with van der Waals surface area (Å²) in [7, 11) is 1.36. The maximum absolute atomic E-state index is 12.5. The molecule has 158 valence electrons. The molecule has 8 nitrogen and oxygen atoms in total. The molecule has 2 rings (SSSR count). The first-order valence-electron chi connectivity index (χ1n) is 8.56. The number of carbonyl (C=O) groups excluding carboxylic acids is 2. The highest BCUT2D eigenvalue weighted by atomic mass is 32.2. The Bertz CT molecular complexity index is 832. The van der Waals surface area contributed by atoms with E-state index in [1.807, 2.05) is 0 Å². The summed E-state index contributed by atoms with van der Waals surface area (Å²) >= 11 is 1.15. The summed E-state index contributed by atoms with van der Waals surface area (Å²) in [5.74, 6) is 0.714. The molecular weight excluding hydrogens is 408 g/mol. The highest BCUT2D eigenvalue weighted by molar-refractivity contribution is 8.00. The zero-order valence-electron chi connectivity index (χ0n) is 15.9. The summed E-state index contributed by atoms with van der Waals surface area (Å²) < 4.78 is 39.1. The first kappa shape index (κ1) is 22.5. The van der Waals surface area contributed by atoms with Crippen LogP contribution in [0, 0.1) is 6.92 Å². The third kappa shape index (κ3) is 7.98. The molecule has 11 heteroatoms. The van der Waals surface area contributed by atoms with Gasteiger partial charge in [0.05, 0.1) is 18.6 Å². The lowest BCUT2D eigenvalue weighted by atomic mass is 10.1.